The molecule has 0 aromatic rings. The van der Waals surface area contributed by atoms with Gasteiger partial charge in [-0.15, -0.1) is 0 Å². The molecule has 1 heterocycles. The van der Waals surface area contributed by atoms with Gasteiger partial charge in [0.25, 0.3) is 0 Å². The highest BCUT2D eigenvalue weighted by Crippen LogP contribution is 2.32. The maximum atomic E-state index is 9.15. The van der Waals surface area contributed by atoms with Crippen molar-refractivity contribution in [3.63, 3.8) is 0 Å². The van der Waals surface area contributed by atoms with Crippen LogP contribution in [0.2, 0.25) is 0 Å². The second-order valence-corrected chi connectivity index (χ2v) is 2.93. The summed E-state index contributed by atoms with van der Waals surface area (Å²) in [6.07, 6.45) is 0.306. The summed E-state index contributed by atoms with van der Waals surface area (Å²) in [5.41, 5.74) is -0.799. The summed E-state index contributed by atoms with van der Waals surface area (Å²) in [5.74, 6) is -1.63. The minimum atomic E-state index is -1.63. The highest BCUT2D eigenvalue weighted by Gasteiger charge is 2.47. The summed E-state index contributed by atoms with van der Waals surface area (Å²) in [6, 6.07) is 0. The molecule has 3 heteroatoms. The third kappa shape index (κ3) is 0.956. The van der Waals surface area contributed by atoms with Crippen LogP contribution in [0.5, 0.6) is 0 Å². The first-order valence-electron chi connectivity index (χ1n) is 3.04. The molecular weight excluding hydrogens is 120 g/mol. The Morgan fingerprint density at radius 2 is 1.89 bits per heavy atom. The lowest BCUT2D eigenvalue weighted by molar-refractivity contribution is -0.229. The third-order valence-electron chi connectivity index (χ3n) is 1.88. The molecule has 0 unspecified atom stereocenters. The van der Waals surface area contributed by atoms with Crippen LogP contribution in [0.3, 0.4) is 0 Å². The zero-order valence-electron chi connectivity index (χ0n) is 5.72. The molecule has 3 nitrogen and oxygen atoms in total. The lowest BCUT2D eigenvalue weighted by atomic mass is 9.98. The summed E-state index contributed by atoms with van der Waals surface area (Å²) in [7, 11) is 0. The summed E-state index contributed by atoms with van der Waals surface area (Å²) < 4.78 is 5.06. The zero-order chi connectivity index (χ0) is 7.12. The highest BCUT2D eigenvalue weighted by molar-refractivity contribution is 4.90. The zero-order valence-corrected chi connectivity index (χ0v) is 5.72. The Morgan fingerprint density at radius 1 is 1.33 bits per heavy atom. The van der Waals surface area contributed by atoms with Crippen molar-refractivity contribution >= 4 is 0 Å². The van der Waals surface area contributed by atoms with Crippen LogP contribution in [-0.2, 0) is 4.74 Å². The Bertz CT molecular complexity index is 103. The van der Waals surface area contributed by atoms with Crippen LogP contribution in [0.15, 0.2) is 0 Å². The summed E-state index contributed by atoms with van der Waals surface area (Å²) >= 11 is 0. The van der Waals surface area contributed by atoms with Gasteiger partial charge in [0.2, 0.25) is 0 Å². The van der Waals surface area contributed by atoms with Crippen LogP contribution in [0, 0.1) is 0 Å². The van der Waals surface area contributed by atoms with Gasteiger partial charge in [-0.1, -0.05) is 0 Å². The van der Waals surface area contributed by atoms with Gasteiger partial charge in [-0.05, 0) is 13.8 Å². The standard InChI is InChI=1S/C6H12O3/c1-5(2)6(7,8)3-4-9-5/h7-8H,3-4H2,1-2H3. The molecule has 9 heavy (non-hydrogen) atoms. The topological polar surface area (TPSA) is 49.7 Å². The van der Waals surface area contributed by atoms with Gasteiger partial charge < -0.3 is 14.9 Å². The smallest absolute Gasteiger partial charge is 0.194 e. The van der Waals surface area contributed by atoms with Crippen LogP contribution >= 0.6 is 0 Å². The molecule has 0 bridgehead atoms. The Morgan fingerprint density at radius 3 is 2.00 bits per heavy atom. The average molecular weight is 132 g/mol. The van der Waals surface area contributed by atoms with Gasteiger partial charge in [0.05, 0.1) is 6.61 Å². The molecule has 1 fully saturated rings. The fourth-order valence-corrected chi connectivity index (χ4v) is 0.865. The summed E-state index contributed by atoms with van der Waals surface area (Å²) in [4.78, 5) is 0. The van der Waals surface area contributed by atoms with Crippen LogP contribution in [0.1, 0.15) is 20.3 Å². The first kappa shape index (κ1) is 6.99. The molecule has 0 amide bonds. The van der Waals surface area contributed by atoms with Crippen molar-refractivity contribution in [2.75, 3.05) is 6.61 Å². The van der Waals surface area contributed by atoms with E-state index in [1.165, 1.54) is 0 Å². The van der Waals surface area contributed by atoms with E-state index in [0.717, 1.165) is 0 Å². The number of rotatable bonds is 0. The van der Waals surface area contributed by atoms with E-state index in [9.17, 15) is 0 Å². The molecule has 0 aromatic heterocycles. The summed E-state index contributed by atoms with van der Waals surface area (Å²) in [5, 5.41) is 18.3. The molecular formula is C6H12O3. The average Bonchev–Trinajstić information content (AvgIpc) is 1.81. The second-order valence-electron chi connectivity index (χ2n) is 2.93. The molecule has 0 aliphatic carbocycles. The SMILES string of the molecule is CC1(C)OCCC1(O)O. The minimum Gasteiger partial charge on any atom is -0.370 e. The van der Waals surface area contributed by atoms with Crippen LogP contribution in [-0.4, -0.2) is 28.2 Å². The van der Waals surface area contributed by atoms with Crippen LogP contribution < -0.4 is 0 Å². The van der Waals surface area contributed by atoms with E-state index < -0.39 is 11.4 Å². The first-order valence-corrected chi connectivity index (χ1v) is 3.04. The molecule has 1 saturated heterocycles. The maximum Gasteiger partial charge on any atom is 0.194 e. The van der Waals surface area contributed by atoms with Crippen molar-refractivity contribution in [1.29, 1.82) is 0 Å². The maximum absolute atomic E-state index is 9.15. The molecule has 0 spiro atoms. The van der Waals surface area contributed by atoms with Gasteiger partial charge in [-0.2, -0.15) is 0 Å². The lowest BCUT2D eigenvalue weighted by Gasteiger charge is -2.29. The van der Waals surface area contributed by atoms with Gasteiger partial charge in [-0.25, -0.2) is 0 Å². The Balaban J connectivity index is 2.75. The normalized spacial score (nSPS) is 30.7. The Kier molecular flexibility index (Phi) is 1.31. The fraction of sp³-hybridized carbons (Fsp3) is 1.00. The van der Waals surface area contributed by atoms with Crippen molar-refractivity contribution in [3.05, 3.63) is 0 Å². The fourth-order valence-electron chi connectivity index (χ4n) is 0.865. The van der Waals surface area contributed by atoms with Gasteiger partial charge in [-0.3, -0.25) is 0 Å². The summed E-state index contributed by atoms with van der Waals surface area (Å²) in [6.45, 7) is 3.76. The second kappa shape index (κ2) is 1.68. The van der Waals surface area contributed by atoms with Crippen molar-refractivity contribution in [2.24, 2.45) is 0 Å². The quantitative estimate of drug-likeness (QED) is 0.451. The van der Waals surface area contributed by atoms with Crippen LogP contribution in [0.4, 0.5) is 0 Å². The van der Waals surface area contributed by atoms with Crippen molar-refractivity contribution < 1.29 is 14.9 Å². The number of ether oxygens (including phenoxy) is 1. The van der Waals surface area contributed by atoms with E-state index in [0.29, 0.717) is 13.0 Å². The molecule has 0 saturated carbocycles. The van der Waals surface area contributed by atoms with Crippen molar-refractivity contribution in [1.82, 2.24) is 0 Å². The Hall–Kier alpha value is -0.120. The van der Waals surface area contributed by atoms with E-state index in [-0.39, 0.29) is 0 Å². The van der Waals surface area contributed by atoms with Gasteiger partial charge >= 0.3 is 0 Å². The number of aliphatic hydroxyl groups is 2. The Labute approximate surface area is 54.3 Å². The molecule has 2 N–H and O–H groups in total. The van der Waals surface area contributed by atoms with Crippen molar-refractivity contribution in [3.8, 4) is 0 Å². The van der Waals surface area contributed by atoms with E-state index in [2.05, 4.69) is 0 Å². The van der Waals surface area contributed by atoms with Gasteiger partial charge in [0, 0.05) is 6.42 Å². The number of hydrogen-bond acceptors (Lipinski definition) is 3. The van der Waals surface area contributed by atoms with Crippen molar-refractivity contribution in [2.45, 2.75) is 31.7 Å². The molecule has 0 aromatic carbocycles. The minimum absolute atomic E-state index is 0.306. The monoisotopic (exact) mass is 132 g/mol. The van der Waals surface area contributed by atoms with Crippen LogP contribution in [0.25, 0.3) is 0 Å². The lowest BCUT2D eigenvalue weighted by Crippen LogP contribution is -2.45. The predicted octanol–water partition coefficient (Wildman–Crippen LogP) is -0.134. The predicted molar refractivity (Wildman–Crippen MR) is 31.8 cm³/mol. The van der Waals surface area contributed by atoms with Gasteiger partial charge in [0.15, 0.2) is 5.79 Å². The molecule has 1 aliphatic heterocycles. The molecule has 1 aliphatic rings. The molecule has 54 valence electrons. The molecule has 0 atom stereocenters. The number of hydrogen-bond donors (Lipinski definition) is 2. The van der Waals surface area contributed by atoms with Gasteiger partial charge in [0.1, 0.15) is 5.60 Å². The third-order valence-corrected chi connectivity index (χ3v) is 1.88. The molecule has 0 radical (unpaired) electrons. The van der Waals surface area contributed by atoms with E-state index in [4.69, 9.17) is 14.9 Å². The van der Waals surface area contributed by atoms with E-state index in [1.54, 1.807) is 13.8 Å². The first-order chi connectivity index (χ1) is 3.96. The van der Waals surface area contributed by atoms with E-state index in [1.807, 2.05) is 0 Å². The largest absolute Gasteiger partial charge is 0.370 e. The molecule has 1 rings (SSSR count). The highest BCUT2D eigenvalue weighted by atomic mass is 16.6. The van der Waals surface area contributed by atoms with E-state index >= 15 is 0 Å².